The van der Waals surface area contributed by atoms with Crippen LogP contribution in [0.25, 0.3) is 0 Å². The Bertz CT molecular complexity index is 1020. The summed E-state index contributed by atoms with van der Waals surface area (Å²) in [6, 6.07) is 17.4. The van der Waals surface area contributed by atoms with Crippen molar-refractivity contribution in [3.8, 4) is 0 Å². The normalized spacial score (nSPS) is 21.5. The van der Waals surface area contributed by atoms with Gasteiger partial charge in [0.2, 0.25) is 5.88 Å². The van der Waals surface area contributed by atoms with Crippen molar-refractivity contribution in [1.82, 2.24) is 0 Å². The van der Waals surface area contributed by atoms with E-state index in [1.54, 1.807) is 0 Å². The van der Waals surface area contributed by atoms with Crippen molar-refractivity contribution in [2.45, 2.75) is 24.7 Å². The highest BCUT2D eigenvalue weighted by molar-refractivity contribution is 9.10. The van der Waals surface area contributed by atoms with Gasteiger partial charge in [0.1, 0.15) is 11.3 Å². The average Bonchev–Trinajstić information content (AvgIpc) is 2.73. The van der Waals surface area contributed by atoms with Gasteiger partial charge in [0, 0.05) is 22.9 Å². The summed E-state index contributed by atoms with van der Waals surface area (Å²) in [4.78, 5) is 25.8. The van der Waals surface area contributed by atoms with E-state index in [-0.39, 0.29) is 23.2 Å². The number of rotatable bonds is 3. The summed E-state index contributed by atoms with van der Waals surface area (Å²) in [5, 5.41) is 0. The van der Waals surface area contributed by atoms with Gasteiger partial charge >= 0.3 is 5.97 Å². The molecule has 0 saturated heterocycles. The Balaban J connectivity index is 1.81. The molecule has 5 nitrogen and oxygen atoms in total. The first-order chi connectivity index (χ1) is 14.0. The van der Waals surface area contributed by atoms with Crippen LogP contribution in [0.15, 0.2) is 81.9 Å². The number of esters is 1. The zero-order chi connectivity index (χ0) is 20.5. The van der Waals surface area contributed by atoms with Gasteiger partial charge in [0.05, 0.1) is 13.0 Å². The monoisotopic (exact) mass is 453 g/mol. The highest BCUT2D eigenvalue weighted by Crippen LogP contribution is 2.47. The van der Waals surface area contributed by atoms with Crippen LogP contribution in [0.2, 0.25) is 0 Å². The lowest BCUT2D eigenvalue weighted by Gasteiger charge is -2.35. The predicted octanol–water partition coefficient (Wildman–Crippen LogP) is 4.31. The number of carbonyl (C=O) groups excluding carboxylic acids is 2. The van der Waals surface area contributed by atoms with Crippen LogP contribution in [0.3, 0.4) is 0 Å². The Kier molecular flexibility index (Phi) is 5.28. The summed E-state index contributed by atoms with van der Waals surface area (Å²) in [6.07, 6.45) is 0.904. The molecule has 1 aliphatic heterocycles. The van der Waals surface area contributed by atoms with Crippen molar-refractivity contribution in [3.63, 3.8) is 0 Å². The number of carbonyl (C=O) groups is 2. The number of Topliss-reactive ketones (excluding diaryl/α,β-unsaturated/α-hetero) is 1. The van der Waals surface area contributed by atoms with E-state index in [0.717, 1.165) is 15.6 Å². The van der Waals surface area contributed by atoms with Gasteiger partial charge in [0.15, 0.2) is 5.78 Å². The van der Waals surface area contributed by atoms with Crippen molar-refractivity contribution < 1.29 is 19.1 Å². The minimum Gasteiger partial charge on any atom is -0.465 e. The molecule has 0 amide bonds. The van der Waals surface area contributed by atoms with E-state index in [4.69, 9.17) is 15.2 Å². The largest absolute Gasteiger partial charge is 0.465 e. The molecular formula is C23H20BrNO4. The molecule has 1 aliphatic carbocycles. The fourth-order valence-electron chi connectivity index (χ4n) is 4.07. The summed E-state index contributed by atoms with van der Waals surface area (Å²) in [6.45, 7) is 0. The van der Waals surface area contributed by atoms with Crippen LogP contribution in [-0.2, 0) is 19.1 Å². The SMILES string of the molecule is COC(=O)C1=C(N)OC2=C(C(=O)C[C@H](c3ccccc3)C2)[C@@H]1c1ccc(Br)cc1. The van der Waals surface area contributed by atoms with Gasteiger partial charge in [-0.15, -0.1) is 0 Å². The lowest BCUT2D eigenvalue weighted by atomic mass is 9.73. The third-order valence-corrected chi connectivity index (χ3v) is 5.95. The highest BCUT2D eigenvalue weighted by atomic mass is 79.9. The third kappa shape index (κ3) is 3.60. The number of benzene rings is 2. The van der Waals surface area contributed by atoms with Gasteiger partial charge in [-0.1, -0.05) is 58.4 Å². The minimum absolute atomic E-state index is 0.00923. The summed E-state index contributed by atoms with van der Waals surface area (Å²) in [5.74, 6) is -0.705. The zero-order valence-corrected chi connectivity index (χ0v) is 17.4. The lowest BCUT2D eigenvalue weighted by molar-refractivity contribution is -0.136. The molecule has 2 aliphatic rings. The van der Waals surface area contributed by atoms with E-state index in [0.29, 0.717) is 24.2 Å². The van der Waals surface area contributed by atoms with Crippen LogP contribution in [0.5, 0.6) is 0 Å². The maximum atomic E-state index is 13.3. The molecule has 0 fully saturated rings. The molecule has 2 aromatic carbocycles. The Hall–Kier alpha value is -2.86. The second-order valence-electron chi connectivity index (χ2n) is 7.13. The van der Waals surface area contributed by atoms with Crippen molar-refractivity contribution >= 4 is 27.7 Å². The Labute approximate surface area is 177 Å². The molecule has 0 radical (unpaired) electrons. The molecule has 148 valence electrons. The Morgan fingerprint density at radius 2 is 1.76 bits per heavy atom. The van der Waals surface area contributed by atoms with Crippen LogP contribution in [0.1, 0.15) is 35.8 Å². The fraction of sp³-hybridized carbons (Fsp3) is 0.217. The number of halogens is 1. The standard InChI is InChI=1S/C23H20BrNO4/c1-28-23(27)21-19(14-7-9-16(24)10-8-14)20-17(26)11-15(12-18(20)29-22(21)25)13-5-3-2-4-6-13/h2-10,15,19H,11-12,25H2,1H3/t15-,19-/m0/s1. The molecule has 0 bridgehead atoms. The Morgan fingerprint density at radius 1 is 1.07 bits per heavy atom. The predicted molar refractivity (Wildman–Crippen MR) is 112 cm³/mol. The first-order valence-electron chi connectivity index (χ1n) is 9.32. The average molecular weight is 454 g/mol. The smallest absolute Gasteiger partial charge is 0.340 e. The quantitative estimate of drug-likeness (QED) is 0.700. The molecule has 0 spiro atoms. The zero-order valence-electron chi connectivity index (χ0n) is 15.9. The van der Waals surface area contributed by atoms with Gasteiger partial charge in [0.25, 0.3) is 0 Å². The van der Waals surface area contributed by atoms with Gasteiger partial charge in [-0.2, -0.15) is 0 Å². The molecule has 2 atom stereocenters. The number of allylic oxidation sites excluding steroid dienone is 2. The molecule has 29 heavy (non-hydrogen) atoms. The van der Waals surface area contributed by atoms with E-state index >= 15 is 0 Å². The number of methoxy groups -OCH3 is 1. The molecule has 1 heterocycles. The molecule has 0 aromatic heterocycles. The summed E-state index contributed by atoms with van der Waals surface area (Å²) < 4.78 is 11.7. The number of hydrogen-bond donors (Lipinski definition) is 1. The number of ether oxygens (including phenoxy) is 2. The highest BCUT2D eigenvalue weighted by Gasteiger charge is 2.43. The molecule has 6 heteroatoms. The van der Waals surface area contributed by atoms with Crippen molar-refractivity contribution in [3.05, 3.63) is 93.0 Å². The summed E-state index contributed by atoms with van der Waals surface area (Å²) in [5.41, 5.74) is 8.68. The van der Waals surface area contributed by atoms with Crippen LogP contribution >= 0.6 is 15.9 Å². The second kappa shape index (κ2) is 7.87. The van der Waals surface area contributed by atoms with Gasteiger partial charge in [-0.3, -0.25) is 4.79 Å². The van der Waals surface area contributed by atoms with E-state index in [9.17, 15) is 9.59 Å². The number of hydrogen-bond acceptors (Lipinski definition) is 5. The molecular weight excluding hydrogens is 434 g/mol. The lowest BCUT2D eigenvalue weighted by Crippen LogP contribution is -2.32. The minimum atomic E-state index is -0.608. The van der Waals surface area contributed by atoms with E-state index in [1.807, 2.05) is 54.6 Å². The third-order valence-electron chi connectivity index (χ3n) is 5.42. The summed E-state index contributed by atoms with van der Waals surface area (Å²) >= 11 is 3.42. The number of nitrogens with two attached hydrogens (primary N) is 1. The number of ketones is 1. The van der Waals surface area contributed by atoms with Crippen LogP contribution in [-0.4, -0.2) is 18.9 Å². The van der Waals surface area contributed by atoms with E-state index in [1.165, 1.54) is 7.11 Å². The van der Waals surface area contributed by atoms with E-state index < -0.39 is 11.9 Å². The fourth-order valence-corrected chi connectivity index (χ4v) is 4.33. The van der Waals surface area contributed by atoms with Crippen molar-refractivity contribution in [2.75, 3.05) is 7.11 Å². The van der Waals surface area contributed by atoms with Gasteiger partial charge < -0.3 is 15.2 Å². The van der Waals surface area contributed by atoms with Crippen molar-refractivity contribution in [2.24, 2.45) is 5.73 Å². The molecule has 2 N–H and O–H groups in total. The molecule has 0 saturated carbocycles. The van der Waals surface area contributed by atoms with Crippen LogP contribution in [0, 0.1) is 0 Å². The van der Waals surface area contributed by atoms with Crippen LogP contribution < -0.4 is 5.73 Å². The summed E-state index contributed by atoms with van der Waals surface area (Å²) in [7, 11) is 1.29. The molecule has 0 unspecified atom stereocenters. The Morgan fingerprint density at radius 3 is 2.41 bits per heavy atom. The maximum absolute atomic E-state index is 13.3. The van der Waals surface area contributed by atoms with E-state index in [2.05, 4.69) is 15.9 Å². The van der Waals surface area contributed by atoms with Gasteiger partial charge in [-0.25, -0.2) is 4.79 Å². The van der Waals surface area contributed by atoms with Crippen LogP contribution in [0.4, 0.5) is 0 Å². The molecule has 4 rings (SSSR count). The first-order valence-corrected chi connectivity index (χ1v) is 10.1. The second-order valence-corrected chi connectivity index (χ2v) is 8.05. The first kappa shape index (κ1) is 19.5. The molecule has 2 aromatic rings. The maximum Gasteiger partial charge on any atom is 0.340 e. The van der Waals surface area contributed by atoms with Crippen molar-refractivity contribution in [1.29, 1.82) is 0 Å². The van der Waals surface area contributed by atoms with Gasteiger partial charge in [-0.05, 0) is 29.2 Å². The topological polar surface area (TPSA) is 78.6 Å².